The number of benzene rings is 1. The first-order valence-electron chi connectivity index (χ1n) is 7.09. The number of allylic oxidation sites excluding steroid dienone is 2. The summed E-state index contributed by atoms with van der Waals surface area (Å²) in [4.78, 5) is 6.31. The van der Waals surface area contributed by atoms with E-state index in [1.807, 2.05) is 32.3 Å². The lowest BCUT2D eigenvalue weighted by Crippen LogP contribution is -2.16. The second-order valence-electron chi connectivity index (χ2n) is 5.01. The number of hydrogen-bond acceptors (Lipinski definition) is 2. The number of hydrogen-bond donors (Lipinski definition) is 1. The third kappa shape index (κ3) is 3.76. The van der Waals surface area contributed by atoms with Gasteiger partial charge in [-0.05, 0) is 42.7 Å². The SMILES string of the molecule is CC/C=C1/C=C(C#Cc2ccc(N(C)C)cc2)N/C1=N/C. The molecule has 1 aliphatic rings. The topological polar surface area (TPSA) is 27.6 Å². The summed E-state index contributed by atoms with van der Waals surface area (Å²) in [5.74, 6) is 7.24. The van der Waals surface area contributed by atoms with Crippen molar-refractivity contribution >= 4 is 11.5 Å². The van der Waals surface area contributed by atoms with Gasteiger partial charge in [0.2, 0.25) is 0 Å². The van der Waals surface area contributed by atoms with Crippen molar-refractivity contribution in [3.8, 4) is 11.8 Å². The van der Waals surface area contributed by atoms with Crippen LogP contribution in [0, 0.1) is 11.8 Å². The Morgan fingerprint density at radius 3 is 2.48 bits per heavy atom. The molecule has 108 valence electrons. The molecule has 1 heterocycles. The molecular formula is C18H21N3. The van der Waals surface area contributed by atoms with Crippen LogP contribution >= 0.6 is 0 Å². The zero-order valence-corrected chi connectivity index (χ0v) is 13.1. The molecule has 1 aromatic rings. The molecule has 0 amide bonds. The van der Waals surface area contributed by atoms with Crippen LogP contribution < -0.4 is 10.2 Å². The molecule has 0 bridgehead atoms. The van der Waals surface area contributed by atoms with Gasteiger partial charge in [-0.1, -0.05) is 18.9 Å². The van der Waals surface area contributed by atoms with Crippen LogP contribution in [0.4, 0.5) is 5.69 Å². The van der Waals surface area contributed by atoms with Gasteiger partial charge < -0.3 is 10.2 Å². The van der Waals surface area contributed by atoms with Gasteiger partial charge in [0.1, 0.15) is 5.84 Å². The highest BCUT2D eigenvalue weighted by molar-refractivity contribution is 6.05. The van der Waals surface area contributed by atoms with E-state index < -0.39 is 0 Å². The van der Waals surface area contributed by atoms with E-state index in [2.05, 4.69) is 52.2 Å². The fourth-order valence-corrected chi connectivity index (χ4v) is 2.07. The van der Waals surface area contributed by atoms with Crippen molar-refractivity contribution in [3.05, 3.63) is 53.3 Å². The largest absolute Gasteiger partial charge is 0.378 e. The summed E-state index contributed by atoms with van der Waals surface area (Å²) < 4.78 is 0. The first-order chi connectivity index (χ1) is 10.1. The lowest BCUT2D eigenvalue weighted by molar-refractivity contribution is 1.13. The standard InChI is InChI=1S/C18H21N3/c1-5-6-15-13-16(20-18(15)19-2)10-7-14-8-11-17(12-9-14)21(3)4/h6,8-9,11-13H,5H2,1-4H3,(H,19,20)/b15-6-. The van der Waals surface area contributed by atoms with Crippen LogP contribution in [0.5, 0.6) is 0 Å². The van der Waals surface area contributed by atoms with E-state index >= 15 is 0 Å². The van der Waals surface area contributed by atoms with Gasteiger partial charge in [0, 0.05) is 38.0 Å². The number of anilines is 1. The van der Waals surface area contributed by atoms with Crippen LogP contribution in [0.15, 0.2) is 52.7 Å². The third-order valence-corrected chi connectivity index (χ3v) is 3.20. The average Bonchev–Trinajstić information content (AvgIpc) is 2.88. The number of nitrogens with one attached hydrogen (secondary N) is 1. The molecule has 0 aromatic heterocycles. The molecule has 0 radical (unpaired) electrons. The van der Waals surface area contributed by atoms with Crippen molar-refractivity contribution in [2.45, 2.75) is 13.3 Å². The summed E-state index contributed by atoms with van der Waals surface area (Å²) in [5.41, 5.74) is 4.19. The van der Waals surface area contributed by atoms with Crippen LogP contribution in [0.3, 0.4) is 0 Å². The van der Waals surface area contributed by atoms with Gasteiger partial charge in [0.05, 0.1) is 5.70 Å². The van der Waals surface area contributed by atoms with Gasteiger partial charge in [0.15, 0.2) is 0 Å². The highest BCUT2D eigenvalue weighted by Crippen LogP contribution is 2.13. The van der Waals surface area contributed by atoms with Crippen molar-refractivity contribution in [2.75, 3.05) is 26.0 Å². The Bertz CT molecular complexity index is 650. The quantitative estimate of drug-likeness (QED) is 0.843. The summed E-state index contributed by atoms with van der Waals surface area (Å²) >= 11 is 0. The van der Waals surface area contributed by atoms with E-state index in [4.69, 9.17) is 0 Å². The van der Waals surface area contributed by atoms with Crippen LogP contribution in [-0.2, 0) is 0 Å². The molecule has 0 aliphatic carbocycles. The second kappa shape index (κ2) is 6.81. The molecule has 1 aliphatic heterocycles. The fraction of sp³-hybridized carbons (Fsp3) is 0.278. The first kappa shape index (κ1) is 14.9. The van der Waals surface area contributed by atoms with Crippen molar-refractivity contribution in [3.63, 3.8) is 0 Å². The molecule has 0 saturated heterocycles. The van der Waals surface area contributed by atoms with Crippen molar-refractivity contribution in [1.29, 1.82) is 0 Å². The number of aliphatic imine (C=N–C) groups is 1. The van der Waals surface area contributed by atoms with E-state index in [-0.39, 0.29) is 0 Å². The minimum Gasteiger partial charge on any atom is -0.378 e. The monoisotopic (exact) mass is 279 g/mol. The Morgan fingerprint density at radius 2 is 1.90 bits per heavy atom. The summed E-state index contributed by atoms with van der Waals surface area (Å²) in [6.07, 6.45) is 5.18. The van der Waals surface area contributed by atoms with Crippen molar-refractivity contribution in [1.82, 2.24) is 5.32 Å². The van der Waals surface area contributed by atoms with Crippen molar-refractivity contribution < 1.29 is 0 Å². The Morgan fingerprint density at radius 1 is 1.19 bits per heavy atom. The van der Waals surface area contributed by atoms with E-state index in [0.29, 0.717) is 0 Å². The molecule has 0 saturated carbocycles. The molecule has 1 N–H and O–H groups in total. The maximum absolute atomic E-state index is 4.24. The summed E-state index contributed by atoms with van der Waals surface area (Å²) in [5, 5.41) is 3.24. The van der Waals surface area contributed by atoms with Gasteiger partial charge >= 0.3 is 0 Å². The fourth-order valence-electron chi connectivity index (χ4n) is 2.07. The van der Waals surface area contributed by atoms with Gasteiger partial charge in [0.25, 0.3) is 0 Å². The Kier molecular flexibility index (Phi) is 4.84. The smallest absolute Gasteiger partial charge is 0.132 e. The third-order valence-electron chi connectivity index (χ3n) is 3.20. The molecule has 3 heteroatoms. The molecule has 21 heavy (non-hydrogen) atoms. The van der Waals surface area contributed by atoms with E-state index in [1.165, 1.54) is 5.69 Å². The minimum atomic E-state index is 0.893. The van der Waals surface area contributed by atoms with E-state index in [9.17, 15) is 0 Å². The van der Waals surface area contributed by atoms with Crippen LogP contribution in [0.25, 0.3) is 0 Å². The number of amidine groups is 1. The van der Waals surface area contributed by atoms with Crippen LogP contribution in [-0.4, -0.2) is 27.0 Å². The average molecular weight is 279 g/mol. The first-order valence-corrected chi connectivity index (χ1v) is 7.09. The lowest BCUT2D eigenvalue weighted by Gasteiger charge is -2.11. The predicted molar refractivity (Wildman–Crippen MR) is 90.6 cm³/mol. The minimum absolute atomic E-state index is 0.893. The van der Waals surface area contributed by atoms with E-state index in [0.717, 1.165) is 29.1 Å². The van der Waals surface area contributed by atoms with Gasteiger partial charge in [-0.3, -0.25) is 4.99 Å². The molecule has 0 fully saturated rings. The maximum Gasteiger partial charge on any atom is 0.132 e. The molecular weight excluding hydrogens is 258 g/mol. The highest BCUT2D eigenvalue weighted by Gasteiger charge is 2.12. The maximum atomic E-state index is 4.24. The van der Waals surface area contributed by atoms with Gasteiger partial charge in [-0.2, -0.15) is 0 Å². The molecule has 2 rings (SSSR count). The van der Waals surface area contributed by atoms with Gasteiger partial charge in [-0.15, -0.1) is 0 Å². The summed E-state index contributed by atoms with van der Waals surface area (Å²) in [7, 11) is 5.85. The Labute approximate surface area is 127 Å². The lowest BCUT2D eigenvalue weighted by atomic mass is 10.2. The van der Waals surface area contributed by atoms with Gasteiger partial charge in [-0.25, -0.2) is 0 Å². The number of nitrogens with zero attached hydrogens (tertiary/aromatic N) is 2. The van der Waals surface area contributed by atoms with E-state index in [1.54, 1.807) is 7.05 Å². The van der Waals surface area contributed by atoms with Crippen LogP contribution in [0.2, 0.25) is 0 Å². The summed E-state index contributed by atoms with van der Waals surface area (Å²) in [6, 6.07) is 8.22. The Balaban J connectivity index is 2.16. The molecule has 3 nitrogen and oxygen atoms in total. The predicted octanol–water partition coefficient (Wildman–Crippen LogP) is 2.96. The summed E-state index contributed by atoms with van der Waals surface area (Å²) in [6.45, 7) is 2.12. The highest BCUT2D eigenvalue weighted by atomic mass is 15.1. The normalized spacial score (nSPS) is 17.2. The molecule has 1 aromatic carbocycles. The molecule has 0 atom stereocenters. The number of rotatable bonds is 2. The Hall–Kier alpha value is -2.47. The molecule has 0 spiro atoms. The van der Waals surface area contributed by atoms with Crippen molar-refractivity contribution in [2.24, 2.45) is 4.99 Å². The zero-order chi connectivity index (χ0) is 15.2. The van der Waals surface area contributed by atoms with Crippen LogP contribution in [0.1, 0.15) is 18.9 Å². The zero-order valence-electron chi connectivity index (χ0n) is 13.1. The molecule has 0 unspecified atom stereocenters. The second-order valence-corrected chi connectivity index (χ2v) is 5.01.